The molecule has 2 aromatic rings. The molecule has 0 spiro atoms. The van der Waals surface area contributed by atoms with Gasteiger partial charge in [-0.15, -0.1) is 0 Å². The number of hydrogen-bond donors (Lipinski definition) is 1. The minimum Gasteiger partial charge on any atom is -0.490 e. The van der Waals surface area contributed by atoms with Crippen LogP contribution in [0.2, 0.25) is 0 Å². The monoisotopic (exact) mass is 339 g/mol. The maximum absolute atomic E-state index is 11.3. The highest BCUT2D eigenvalue weighted by atomic mass is 16.5. The predicted molar refractivity (Wildman–Crippen MR) is 93.6 cm³/mol. The van der Waals surface area contributed by atoms with E-state index in [1.165, 1.54) is 0 Å². The van der Waals surface area contributed by atoms with Gasteiger partial charge in [0.05, 0.1) is 17.7 Å². The minimum atomic E-state index is -0.0413. The summed E-state index contributed by atoms with van der Waals surface area (Å²) < 4.78 is 11.6. The molecule has 0 radical (unpaired) electrons. The number of nitrogens with zero attached hydrogens (tertiary/aromatic N) is 2. The van der Waals surface area contributed by atoms with Crippen molar-refractivity contribution in [1.29, 1.82) is 5.26 Å². The topological polar surface area (TPSA) is 84.2 Å². The molecule has 1 amide bonds. The second-order valence-corrected chi connectivity index (χ2v) is 6.53. The van der Waals surface area contributed by atoms with Crippen molar-refractivity contribution >= 4 is 16.7 Å². The van der Waals surface area contributed by atoms with Crippen LogP contribution in [-0.2, 0) is 4.79 Å². The third kappa shape index (κ3) is 3.66. The van der Waals surface area contributed by atoms with Crippen LogP contribution in [0.3, 0.4) is 0 Å². The third-order valence-corrected chi connectivity index (χ3v) is 4.14. The number of nitrogens with one attached hydrogen (secondary N) is 1. The molecule has 2 heterocycles. The van der Waals surface area contributed by atoms with Crippen molar-refractivity contribution < 1.29 is 14.3 Å². The zero-order chi connectivity index (χ0) is 18.0. The van der Waals surface area contributed by atoms with E-state index in [0.717, 1.165) is 22.8 Å². The van der Waals surface area contributed by atoms with Gasteiger partial charge >= 0.3 is 0 Å². The number of pyridine rings is 1. The van der Waals surface area contributed by atoms with Gasteiger partial charge in [0.25, 0.3) is 0 Å². The first kappa shape index (κ1) is 17.0. The average Bonchev–Trinajstić information content (AvgIpc) is 2.99. The highest BCUT2D eigenvalue weighted by Crippen LogP contribution is 2.33. The predicted octanol–water partition coefficient (Wildman–Crippen LogP) is 2.86. The van der Waals surface area contributed by atoms with Crippen molar-refractivity contribution in [3.05, 3.63) is 29.5 Å². The van der Waals surface area contributed by atoms with E-state index in [1.54, 1.807) is 6.20 Å². The number of amides is 1. The SMILES string of the molecule is Cc1cnc(OCC2CCC(=O)N2)c2cc(OC(C)C)c(C#N)cc12. The molecule has 25 heavy (non-hydrogen) atoms. The molecular formula is C19H21N3O3. The molecule has 1 aromatic heterocycles. The molecule has 1 atom stereocenters. The van der Waals surface area contributed by atoms with E-state index in [1.807, 2.05) is 32.9 Å². The summed E-state index contributed by atoms with van der Waals surface area (Å²) in [6.07, 6.45) is 2.99. The lowest BCUT2D eigenvalue weighted by atomic mass is 10.0. The summed E-state index contributed by atoms with van der Waals surface area (Å²) >= 11 is 0. The summed E-state index contributed by atoms with van der Waals surface area (Å²) in [6, 6.07) is 5.83. The van der Waals surface area contributed by atoms with Crippen LogP contribution in [-0.4, -0.2) is 29.6 Å². The van der Waals surface area contributed by atoms with Crippen LogP contribution in [0.5, 0.6) is 11.6 Å². The molecule has 1 aliphatic rings. The first-order valence-corrected chi connectivity index (χ1v) is 8.40. The Hall–Kier alpha value is -2.81. The fourth-order valence-electron chi connectivity index (χ4n) is 2.91. The number of nitriles is 1. The molecule has 1 unspecified atom stereocenters. The molecule has 6 heteroatoms. The molecule has 130 valence electrons. The minimum absolute atomic E-state index is 0.00965. The first-order valence-electron chi connectivity index (χ1n) is 8.40. The van der Waals surface area contributed by atoms with E-state index in [9.17, 15) is 10.1 Å². The maximum Gasteiger partial charge on any atom is 0.221 e. The normalized spacial score (nSPS) is 16.8. The van der Waals surface area contributed by atoms with Crippen LogP contribution in [0.4, 0.5) is 0 Å². The number of carbonyl (C=O) groups excluding carboxylic acids is 1. The number of carbonyl (C=O) groups is 1. The van der Waals surface area contributed by atoms with Gasteiger partial charge in [0.2, 0.25) is 11.8 Å². The Morgan fingerprint density at radius 2 is 2.20 bits per heavy atom. The molecule has 3 rings (SSSR count). The number of hydrogen-bond acceptors (Lipinski definition) is 5. The molecule has 0 saturated carbocycles. The largest absolute Gasteiger partial charge is 0.490 e. The number of benzene rings is 1. The van der Waals surface area contributed by atoms with E-state index < -0.39 is 0 Å². The number of fused-ring (bicyclic) bond motifs is 1. The van der Waals surface area contributed by atoms with E-state index in [2.05, 4.69) is 16.4 Å². The van der Waals surface area contributed by atoms with E-state index in [4.69, 9.17) is 9.47 Å². The summed E-state index contributed by atoms with van der Waals surface area (Å²) in [5.41, 5.74) is 1.45. The third-order valence-electron chi connectivity index (χ3n) is 4.14. The Labute approximate surface area is 146 Å². The summed E-state index contributed by atoms with van der Waals surface area (Å²) in [7, 11) is 0. The Balaban J connectivity index is 1.96. The average molecular weight is 339 g/mol. The zero-order valence-electron chi connectivity index (χ0n) is 14.6. The number of aryl methyl sites for hydroxylation is 1. The van der Waals surface area contributed by atoms with Crippen molar-refractivity contribution in [1.82, 2.24) is 10.3 Å². The lowest BCUT2D eigenvalue weighted by Gasteiger charge is -2.16. The highest BCUT2D eigenvalue weighted by Gasteiger charge is 2.22. The molecular weight excluding hydrogens is 318 g/mol. The summed E-state index contributed by atoms with van der Waals surface area (Å²) in [4.78, 5) is 15.7. The van der Waals surface area contributed by atoms with Gasteiger partial charge in [-0.25, -0.2) is 4.98 Å². The summed E-state index contributed by atoms with van der Waals surface area (Å²) in [6.45, 7) is 6.15. The molecule has 1 fully saturated rings. The Kier molecular flexibility index (Phi) is 4.75. The van der Waals surface area contributed by atoms with Crippen molar-refractivity contribution in [2.45, 2.75) is 45.8 Å². The smallest absolute Gasteiger partial charge is 0.221 e. The van der Waals surface area contributed by atoms with Gasteiger partial charge < -0.3 is 14.8 Å². The van der Waals surface area contributed by atoms with E-state index in [-0.39, 0.29) is 18.1 Å². The summed E-state index contributed by atoms with van der Waals surface area (Å²) in [5, 5.41) is 14.0. The van der Waals surface area contributed by atoms with Gasteiger partial charge in [0.15, 0.2) is 0 Å². The van der Waals surface area contributed by atoms with Crippen LogP contribution in [0.25, 0.3) is 10.8 Å². The molecule has 1 N–H and O–H groups in total. The molecule has 1 saturated heterocycles. The fraction of sp³-hybridized carbons (Fsp3) is 0.421. The van der Waals surface area contributed by atoms with Gasteiger partial charge in [-0.2, -0.15) is 5.26 Å². The van der Waals surface area contributed by atoms with Gasteiger partial charge in [0.1, 0.15) is 18.4 Å². The molecule has 1 aliphatic heterocycles. The second kappa shape index (κ2) is 6.98. The van der Waals surface area contributed by atoms with Crippen LogP contribution in [0, 0.1) is 18.3 Å². The Morgan fingerprint density at radius 3 is 2.84 bits per heavy atom. The highest BCUT2D eigenvalue weighted by molar-refractivity contribution is 5.92. The van der Waals surface area contributed by atoms with Gasteiger partial charge in [-0.05, 0) is 50.3 Å². The van der Waals surface area contributed by atoms with Crippen LogP contribution in [0.1, 0.15) is 37.8 Å². The molecule has 6 nitrogen and oxygen atoms in total. The lowest BCUT2D eigenvalue weighted by Crippen LogP contribution is -2.31. The Bertz CT molecular complexity index is 855. The number of ether oxygens (including phenoxy) is 2. The van der Waals surface area contributed by atoms with Crippen molar-refractivity contribution in [3.8, 4) is 17.7 Å². The van der Waals surface area contributed by atoms with Gasteiger partial charge in [0, 0.05) is 18.0 Å². The maximum atomic E-state index is 11.3. The van der Waals surface area contributed by atoms with Crippen molar-refractivity contribution in [2.24, 2.45) is 0 Å². The second-order valence-electron chi connectivity index (χ2n) is 6.53. The van der Waals surface area contributed by atoms with Crippen LogP contribution < -0.4 is 14.8 Å². The zero-order valence-corrected chi connectivity index (χ0v) is 14.6. The molecule has 1 aromatic carbocycles. The number of rotatable bonds is 5. The van der Waals surface area contributed by atoms with Crippen LogP contribution >= 0.6 is 0 Å². The van der Waals surface area contributed by atoms with Crippen molar-refractivity contribution in [2.75, 3.05) is 6.61 Å². The van der Waals surface area contributed by atoms with Gasteiger partial charge in [-0.3, -0.25) is 4.79 Å². The first-order chi connectivity index (χ1) is 12.0. The Morgan fingerprint density at radius 1 is 1.40 bits per heavy atom. The van der Waals surface area contributed by atoms with Crippen molar-refractivity contribution in [3.63, 3.8) is 0 Å². The van der Waals surface area contributed by atoms with Crippen LogP contribution in [0.15, 0.2) is 18.3 Å². The van der Waals surface area contributed by atoms with E-state index >= 15 is 0 Å². The summed E-state index contributed by atoms with van der Waals surface area (Å²) in [5.74, 6) is 1.07. The standard InChI is InChI=1S/C19H21N3O3/c1-11(2)25-17-7-16-15(6-13(17)8-20)12(3)9-21-19(16)24-10-14-4-5-18(23)22-14/h6-7,9,11,14H,4-5,10H2,1-3H3,(H,22,23). The molecule has 0 aliphatic carbocycles. The quantitative estimate of drug-likeness (QED) is 0.905. The fourth-order valence-corrected chi connectivity index (χ4v) is 2.91. The lowest BCUT2D eigenvalue weighted by molar-refractivity contribution is -0.119. The molecule has 0 bridgehead atoms. The van der Waals surface area contributed by atoms with E-state index in [0.29, 0.717) is 30.2 Å². The number of aromatic nitrogens is 1. The van der Waals surface area contributed by atoms with Gasteiger partial charge in [-0.1, -0.05) is 0 Å².